The van der Waals surface area contributed by atoms with Crippen LogP contribution in [0.1, 0.15) is 8.22 Å². The Kier molecular flexibility index (Phi) is 5.44. The van der Waals surface area contributed by atoms with E-state index in [2.05, 4.69) is 71.3 Å². The average Bonchev–Trinajstić information content (AvgIpc) is 3.88. The van der Waals surface area contributed by atoms with Gasteiger partial charge >= 0.3 is 0 Å². The third-order valence-electron chi connectivity index (χ3n) is 10.9. The number of nitrogens with zero attached hydrogens (tertiary/aromatic N) is 3. The lowest BCUT2D eigenvalue weighted by molar-refractivity contribution is 0.669. The Morgan fingerprint density at radius 2 is 1.21 bits per heavy atom. The van der Waals surface area contributed by atoms with Crippen LogP contribution < -0.4 is 0 Å². The number of aromatic nitrogens is 3. The molecular formula is C52H31N3O. The van der Waals surface area contributed by atoms with Gasteiger partial charge in [-0.25, -0.2) is 9.97 Å². The molecule has 9 aromatic carbocycles. The van der Waals surface area contributed by atoms with Gasteiger partial charge in [0, 0.05) is 48.8 Å². The van der Waals surface area contributed by atoms with E-state index in [0.29, 0.717) is 16.8 Å². The van der Waals surface area contributed by atoms with Crippen LogP contribution in [-0.4, -0.2) is 14.5 Å². The molecule has 0 saturated heterocycles. The standard InChI is InChI=1S/C52H31N3O/c1-2-15-33(16-3-1)50-41-21-8-11-23-44(41)53-52(54-50)43-30-34(31-48-49(43)42-22-10-13-25-47(42)56-48)35-28-29-46(38-19-7-6-18-37(35)38)55-45-24-12-9-20-39(45)40-27-26-32-14-4-5-17-36(32)51(40)55/h1-31H/i10D,13D,22D,25D,30D,31D. The number of fused-ring (bicyclic) bond motifs is 10. The Hall–Kier alpha value is -7.56. The first-order chi connectivity index (χ1) is 30.3. The fourth-order valence-corrected chi connectivity index (χ4v) is 8.46. The van der Waals surface area contributed by atoms with Gasteiger partial charge in [-0.3, -0.25) is 0 Å². The molecule has 0 aliphatic rings. The molecule has 4 nitrogen and oxygen atoms in total. The number of rotatable bonds is 4. The van der Waals surface area contributed by atoms with Crippen LogP contribution in [0.5, 0.6) is 0 Å². The molecule has 12 aromatic rings. The second kappa shape index (κ2) is 12.0. The summed E-state index contributed by atoms with van der Waals surface area (Å²) in [6.07, 6.45) is 0. The zero-order valence-corrected chi connectivity index (χ0v) is 29.7. The largest absolute Gasteiger partial charge is 0.456 e. The molecule has 56 heavy (non-hydrogen) atoms. The van der Waals surface area contributed by atoms with Crippen molar-refractivity contribution in [1.82, 2.24) is 14.5 Å². The van der Waals surface area contributed by atoms with Crippen molar-refractivity contribution in [2.45, 2.75) is 0 Å². The highest BCUT2D eigenvalue weighted by atomic mass is 16.3. The predicted molar refractivity (Wildman–Crippen MR) is 232 cm³/mol. The molecule has 0 fully saturated rings. The molecule has 3 aromatic heterocycles. The molecule has 0 N–H and O–H groups in total. The van der Waals surface area contributed by atoms with E-state index in [0.717, 1.165) is 60.0 Å². The van der Waals surface area contributed by atoms with E-state index < -0.39 is 12.1 Å². The Labute approximate surface area is 330 Å². The minimum atomic E-state index is -0.450. The minimum absolute atomic E-state index is 0.0213. The molecule has 260 valence electrons. The third-order valence-corrected chi connectivity index (χ3v) is 10.9. The van der Waals surface area contributed by atoms with Crippen LogP contribution in [0.3, 0.4) is 0 Å². The molecule has 0 unspecified atom stereocenters. The molecule has 0 aliphatic carbocycles. The van der Waals surface area contributed by atoms with E-state index in [1.807, 2.05) is 84.9 Å². The Morgan fingerprint density at radius 1 is 0.482 bits per heavy atom. The first-order valence-electron chi connectivity index (χ1n) is 21.5. The lowest BCUT2D eigenvalue weighted by Gasteiger charge is -2.16. The van der Waals surface area contributed by atoms with Crippen LogP contribution in [-0.2, 0) is 0 Å². The van der Waals surface area contributed by atoms with Crippen molar-refractivity contribution in [3.05, 3.63) is 188 Å². The first kappa shape index (κ1) is 25.5. The fourth-order valence-electron chi connectivity index (χ4n) is 8.46. The summed E-state index contributed by atoms with van der Waals surface area (Å²) in [5, 5.41) is 7.28. The molecule has 3 heterocycles. The fraction of sp³-hybridized carbons (Fsp3) is 0. The van der Waals surface area contributed by atoms with Crippen molar-refractivity contribution < 1.29 is 12.6 Å². The second-order valence-corrected chi connectivity index (χ2v) is 14.0. The van der Waals surface area contributed by atoms with Crippen LogP contribution in [0.4, 0.5) is 0 Å². The second-order valence-electron chi connectivity index (χ2n) is 14.0. The summed E-state index contributed by atoms with van der Waals surface area (Å²) < 4.78 is 63.9. The molecule has 0 spiro atoms. The van der Waals surface area contributed by atoms with Gasteiger partial charge in [0.15, 0.2) is 5.82 Å². The lowest BCUT2D eigenvalue weighted by atomic mass is 9.93. The maximum Gasteiger partial charge on any atom is 0.161 e. The van der Waals surface area contributed by atoms with E-state index >= 15 is 0 Å². The van der Waals surface area contributed by atoms with Crippen molar-refractivity contribution in [3.63, 3.8) is 0 Å². The van der Waals surface area contributed by atoms with Gasteiger partial charge in [0.25, 0.3) is 0 Å². The molecule has 0 saturated carbocycles. The van der Waals surface area contributed by atoms with Gasteiger partial charge in [-0.2, -0.15) is 0 Å². The van der Waals surface area contributed by atoms with Gasteiger partial charge in [0.1, 0.15) is 11.2 Å². The van der Waals surface area contributed by atoms with Gasteiger partial charge in [-0.05, 0) is 58.2 Å². The summed E-state index contributed by atoms with van der Waals surface area (Å²) in [6, 6.07) is 48.8. The van der Waals surface area contributed by atoms with E-state index in [-0.39, 0.29) is 63.1 Å². The van der Waals surface area contributed by atoms with Gasteiger partial charge in [-0.1, -0.05) is 152 Å². The van der Waals surface area contributed by atoms with Crippen molar-refractivity contribution in [1.29, 1.82) is 0 Å². The van der Waals surface area contributed by atoms with Gasteiger partial charge in [-0.15, -0.1) is 0 Å². The molecule has 0 aliphatic heterocycles. The lowest BCUT2D eigenvalue weighted by Crippen LogP contribution is -1.98. The highest BCUT2D eigenvalue weighted by Crippen LogP contribution is 2.44. The van der Waals surface area contributed by atoms with Crippen LogP contribution in [0.15, 0.2) is 192 Å². The molecular weight excluding hydrogens is 683 g/mol. The molecule has 0 bridgehead atoms. The number of benzene rings is 9. The van der Waals surface area contributed by atoms with E-state index in [1.165, 1.54) is 0 Å². The zero-order valence-electron chi connectivity index (χ0n) is 35.7. The summed E-state index contributed by atoms with van der Waals surface area (Å²) in [4.78, 5) is 10.2. The summed E-state index contributed by atoms with van der Waals surface area (Å²) in [5.41, 5.74) is 6.17. The number of hydrogen-bond acceptors (Lipinski definition) is 3. The molecule has 0 amide bonds. The quantitative estimate of drug-likeness (QED) is 0.182. The average molecular weight is 720 g/mol. The Balaban J connectivity index is 1.21. The molecule has 0 radical (unpaired) electrons. The molecule has 12 rings (SSSR count). The third kappa shape index (κ3) is 4.53. The highest BCUT2D eigenvalue weighted by Gasteiger charge is 2.22. The highest BCUT2D eigenvalue weighted by molar-refractivity contribution is 6.20. The molecule has 0 atom stereocenters. The number of para-hydroxylation sites is 3. The maximum absolute atomic E-state index is 10.2. The van der Waals surface area contributed by atoms with Crippen molar-refractivity contribution in [2.75, 3.05) is 0 Å². The predicted octanol–water partition coefficient (Wildman–Crippen LogP) is 13.9. The Morgan fingerprint density at radius 3 is 2.11 bits per heavy atom. The van der Waals surface area contributed by atoms with Crippen LogP contribution in [0.25, 0.3) is 116 Å². The van der Waals surface area contributed by atoms with Crippen molar-refractivity contribution >= 4 is 76.2 Å². The zero-order chi connectivity index (χ0) is 42.0. The van der Waals surface area contributed by atoms with Crippen LogP contribution in [0, 0.1) is 0 Å². The van der Waals surface area contributed by atoms with Gasteiger partial charge < -0.3 is 8.98 Å². The number of furan rings is 1. The summed E-state index contributed by atoms with van der Waals surface area (Å²) >= 11 is 0. The monoisotopic (exact) mass is 719 g/mol. The van der Waals surface area contributed by atoms with Crippen LogP contribution in [0.2, 0.25) is 0 Å². The van der Waals surface area contributed by atoms with Crippen molar-refractivity contribution in [2.24, 2.45) is 0 Å². The first-order valence-corrected chi connectivity index (χ1v) is 18.5. The van der Waals surface area contributed by atoms with Crippen LogP contribution >= 0.6 is 0 Å². The van der Waals surface area contributed by atoms with Gasteiger partial charge in [0.2, 0.25) is 0 Å². The summed E-state index contributed by atoms with van der Waals surface area (Å²) in [6.45, 7) is 0. The SMILES string of the molecule is [2H]c1c([2H])c([2H])c2c(oc3c([2H])c(-c4ccc(-n5c6ccccc6c6ccc7ccccc7c65)c5ccccc45)c([2H])c(-c4nc(-c5ccccc5)c5ccccc5n4)c32)c1[2H]. The Bertz CT molecular complexity index is 3900. The topological polar surface area (TPSA) is 43.9 Å². The molecule has 4 heteroatoms. The van der Waals surface area contributed by atoms with E-state index in [1.54, 1.807) is 0 Å². The minimum Gasteiger partial charge on any atom is -0.456 e. The number of hydrogen-bond donors (Lipinski definition) is 0. The van der Waals surface area contributed by atoms with E-state index in [9.17, 15) is 2.74 Å². The van der Waals surface area contributed by atoms with Gasteiger partial charge in [0.05, 0.1) is 36.2 Å². The normalized spacial score (nSPS) is 13.4. The smallest absolute Gasteiger partial charge is 0.161 e. The maximum atomic E-state index is 10.2. The van der Waals surface area contributed by atoms with Crippen molar-refractivity contribution in [3.8, 4) is 39.5 Å². The summed E-state index contributed by atoms with van der Waals surface area (Å²) in [7, 11) is 0. The summed E-state index contributed by atoms with van der Waals surface area (Å²) in [5.74, 6) is 0.173. The van der Waals surface area contributed by atoms with E-state index in [4.69, 9.17) is 19.9 Å².